The molecule has 1 aliphatic carbocycles. The lowest BCUT2D eigenvalue weighted by molar-refractivity contribution is 0.0214. The van der Waals surface area contributed by atoms with Crippen LogP contribution in [0.2, 0.25) is 0 Å². The highest BCUT2D eigenvalue weighted by atomic mass is 127. The van der Waals surface area contributed by atoms with Crippen LogP contribution in [0.1, 0.15) is 59.8 Å². The zero-order chi connectivity index (χ0) is 21.7. The second kappa shape index (κ2) is 11.9. The summed E-state index contributed by atoms with van der Waals surface area (Å²) < 4.78 is 5.56. The molecule has 0 spiro atoms. The minimum Gasteiger partial charge on any atom is -0.444 e. The van der Waals surface area contributed by atoms with Gasteiger partial charge in [-0.1, -0.05) is 0 Å². The van der Waals surface area contributed by atoms with Gasteiger partial charge in [-0.3, -0.25) is 4.99 Å². The van der Waals surface area contributed by atoms with Crippen LogP contribution in [0.4, 0.5) is 4.79 Å². The molecule has 1 unspecified atom stereocenters. The van der Waals surface area contributed by atoms with Crippen LogP contribution in [0.5, 0.6) is 0 Å². The first-order chi connectivity index (χ1) is 14.3. The van der Waals surface area contributed by atoms with E-state index in [1.807, 2.05) is 39.6 Å². The van der Waals surface area contributed by atoms with E-state index in [9.17, 15) is 4.79 Å². The molecule has 0 aromatic carbocycles. The van der Waals surface area contributed by atoms with Gasteiger partial charge in [0, 0.05) is 52.4 Å². The number of nitrogens with one attached hydrogen (secondary N) is 1. The van der Waals surface area contributed by atoms with E-state index in [1.54, 1.807) is 0 Å². The van der Waals surface area contributed by atoms with Crippen LogP contribution in [0, 0.1) is 11.8 Å². The third-order valence-electron chi connectivity index (χ3n) is 6.57. The van der Waals surface area contributed by atoms with E-state index in [1.165, 1.54) is 32.4 Å². The Morgan fingerprint density at radius 1 is 1.10 bits per heavy atom. The predicted molar refractivity (Wildman–Crippen MR) is 137 cm³/mol. The van der Waals surface area contributed by atoms with Crippen LogP contribution in [-0.4, -0.2) is 91.3 Å². The maximum atomic E-state index is 12.4. The number of nitrogens with zero attached hydrogens (tertiary/aromatic N) is 4. The largest absolute Gasteiger partial charge is 0.444 e. The third kappa shape index (κ3) is 8.26. The van der Waals surface area contributed by atoms with Crippen LogP contribution in [0.25, 0.3) is 0 Å². The molecule has 2 saturated heterocycles. The van der Waals surface area contributed by atoms with E-state index in [-0.39, 0.29) is 30.1 Å². The number of likely N-dealkylation sites (tertiary alicyclic amines) is 2. The second-order valence-corrected chi connectivity index (χ2v) is 10.3. The van der Waals surface area contributed by atoms with Crippen molar-refractivity contribution in [1.82, 2.24) is 20.0 Å². The molecular formula is C23H44IN5O2. The first-order valence-corrected chi connectivity index (χ1v) is 12.0. The highest BCUT2D eigenvalue weighted by molar-refractivity contribution is 14.0. The minimum atomic E-state index is -0.443. The Bertz CT molecular complexity index is 597. The SMILES string of the molecule is CCN(CC1CCN(C(=NC)NCC2CCN(C3CC3)C2)CC1)C(=O)OC(C)(C)C.I. The summed E-state index contributed by atoms with van der Waals surface area (Å²) in [7, 11) is 1.89. The van der Waals surface area contributed by atoms with Crippen molar-refractivity contribution in [3.8, 4) is 0 Å². The van der Waals surface area contributed by atoms with Gasteiger partial charge in [0.15, 0.2) is 5.96 Å². The zero-order valence-electron chi connectivity index (χ0n) is 20.2. The molecule has 0 bridgehead atoms. The van der Waals surface area contributed by atoms with Gasteiger partial charge >= 0.3 is 6.09 Å². The molecular weight excluding hydrogens is 505 g/mol. The lowest BCUT2D eigenvalue weighted by atomic mass is 9.96. The molecule has 0 radical (unpaired) electrons. The van der Waals surface area contributed by atoms with Crippen molar-refractivity contribution in [2.45, 2.75) is 71.4 Å². The number of aliphatic imine (C=N–C) groups is 1. The minimum absolute atomic E-state index is 0. The number of ether oxygens (including phenoxy) is 1. The van der Waals surface area contributed by atoms with Gasteiger partial charge in [0.25, 0.3) is 0 Å². The molecule has 1 atom stereocenters. The van der Waals surface area contributed by atoms with Crippen molar-refractivity contribution < 1.29 is 9.53 Å². The van der Waals surface area contributed by atoms with Crippen LogP contribution >= 0.6 is 24.0 Å². The van der Waals surface area contributed by atoms with E-state index in [4.69, 9.17) is 4.74 Å². The van der Waals surface area contributed by atoms with Gasteiger partial charge < -0.3 is 24.8 Å². The summed E-state index contributed by atoms with van der Waals surface area (Å²) in [5.41, 5.74) is -0.443. The van der Waals surface area contributed by atoms with Gasteiger partial charge in [0.1, 0.15) is 5.60 Å². The fraction of sp³-hybridized carbons (Fsp3) is 0.913. The summed E-state index contributed by atoms with van der Waals surface area (Å²) in [4.78, 5) is 23.9. The lowest BCUT2D eigenvalue weighted by Crippen LogP contribution is -2.48. The molecule has 1 saturated carbocycles. The van der Waals surface area contributed by atoms with Crippen LogP contribution in [0.3, 0.4) is 0 Å². The first kappa shape index (κ1) is 26.5. The maximum Gasteiger partial charge on any atom is 0.410 e. The summed E-state index contributed by atoms with van der Waals surface area (Å²) in [6.45, 7) is 14.8. The summed E-state index contributed by atoms with van der Waals surface area (Å²) >= 11 is 0. The average molecular weight is 550 g/mol. The standard InChI is InChI=1S/C23H43N5O2.HI/c1-6-26(22(29)30-23(2,3)4)16-18-9-12-27(13-10-18)21(24-5)25-15-19-11-14-28(17-19)20-7-8-20;/h18-20H,6-17H2,1-5H3,(H,24,25);1H. The van der Waals surface area contributed by atoms with Gasteiger partial charge in [0.2, 0.25) is 0 Å². The summed E-state index contributed by atoms with van der Waals surface area (Å²) in [5.74, 6) is 2.30. The molecule has 180 valence electrons. The van der Waals surface area contributed by atoms with Crippen LogP contribution in [0.15, 0.2) is 4.99 Å². The molecule has 8 heteroatoms. The number of hydrogen-bond acceptors (Lipinski definition) is 4. The summed E-state index contributed by atoms with van der Waals surface area (Å²) in [6, 6.07) is 0.886. The summed E-state index contributed by atoms with van der Waals surface area (Å²) in [5, 5.41) is 3.64. The maximum absolute atomic E-state index is 12.4. The van der Waals surface area contributed by atoms with Crippen molar-refractivity contribution in [1.29, 1.82) is 0 Å². The molecule has 1 amide bonds. The van der Waals surface area contributed by atoms with E-state index in [0.29, 0.717) is 12.5 Å². The number of rotatable bonds is 6. The highest BCUT2D eigenvalue weighted by Crippen LogP contribution is 2.31. The van der Waals surface area contributed by atoms with Gasteiger partial charge in [0.05, 0.1) is 0 Å². The normalized spacial score (nSPS) is 23.5. The topological polar surface area (TPSA) is 60.4 Å². The van der Waals surface area contributed by atoms with Crippen molar-refractivity contribution >= 4 is 36.0 Å². The molecule has 7 nitrogen and oxygen atoms in total. The first-order valence-electron chi connectivity index (χ1n) is 12.0. The van der Waals surface area contributed by atoms with E-state index in [0.717, 1.165) is 56.9 Å². The molecule has 3 fully saturated rings. The molecule has 2 aliphatic heterocycles. The monoisotopic (exact) mass is 549 g/mol. The molecule has 2 heterocycles. The Morgan fingerprint density at radius 3 is 2.29 bits per heavy atom. The number of carbonyl (C=O) groups is 1. The molecule has 3 aliphatic rings. The van der Waals surface area contributed by atoms with E-state index < -0.39 is 5.60 Å². The number of halogens is 1. The summed E-state index contributed by atoms with van der Waals surface area (Å²) in [6.07, 6.45) is 6.08. The molecule has 3 rings (SSSR count). The number of piperidine rings is 1. The number of hydrogen-bond donors (Lipinski definition) is 1. The fourth-order valence-corrected chi connectivity index (χ4v) is 4.67. The number of carbonyl (C=O) groups excluding carboxylic acids is 1. The third-order valence-corrected chi connectivity index (χ3v) is 6.57. The zero-order valence-corrected chi connectivity index (χ0v) is 22.6. The number of guanidine groups is 1. The van der Waals surface area contributed by atoms with Crippen molar-refractivity contribution in [2.24, 2.45) is 16.8 Å². The highest BCUT2D eigenvalue weighted by Gasteiger charge is 2.34. The van der Waals surface area contributed by atoms with Crippen molar-refractivity contribution in [2.75, 3.05) is 52.9 Å². The van der Waals surface area contributed by atoms with E-state index >= 15 is 0 Å². The number of amides is 1. The predicted octanol–water partition coefficient (Wildman–Crippen LogP) is 3.63. The Kier molecular flexibility index (Phi) is 10.2. The van der Waals surface area contributed by atoms with Crippen LogP contribution in [-0.2, 0) is 4.74 Å². The molecule has 31 heavy (non-hydrogen) atoms. The average Bonchev–Trinajstić information content (AvgIpc) is 3.44. The van der Waals surface area contributed by atoms with Gasteiger partial charge in [-0.05, 0) is 78.2 Å². The molecule has 0 aromatic heterocycles. The quantitative estimate of drug-likeness (QED) is 0.312. The van der Waals surface area contributed by atoms with Gasteiger partial charge in [-0.25, -0.2) is 4.79 Å². The Balaban J connectivity index is 0.00000341. The Labute approximate surface area is 206 Å². The molecule has 1 N–H and O–H groups in total. The van der Waals surface area contributed by atoms with Gasteiger partial charge in [-0.15, -0.1) is 24.0 Å². The smallest absolute Gasteiger partial charge is 0.410 e. The van der Waals surface area contributed by atoms with Crippen LogP contribution < -0.4 is 5.32 Å². The lowest BCUT2D eigenvalue weighted by Gasteiger charge is -2.36. The van der Waals surface area contributed by atoms with E-state index in [2.05, 4.69) is 20.1 Å². The van der Waals surface area contributed by atoms with Gasteiger partial charge in [-0.2, -0.15) is 0 Å². The second-order valence-electron chi connectivity index (χ2n) is 10.3. The van der Waals surface area contributed by atoms with Crippen molar-refractivity contribution in [3.05, 3.63) is 0 Å². The molecule has 0 aromatic rings. The Hall–Kier alpha value is -0.770. The fourth-order valence-electron chi connectivity index (χ4n) is 4.67. The van der Waals surface area contributed by atoms with Crippen molar-refractivity contribution in [3.63, 3.8) is 0 Å². The Morgan fingerprint density at radius 2 is 1.74 bits per heavy atom.